The van der Waals surface area contributed by atoms with E-state index in [0.29, 0.717) is 72.9 Å². The lowest BCUT2D eigenvalue weighted by Gasteiger charge is -2.32. The third-order valence-electron chi connectivity index (χ3n) is 12.2. The molecule has 0 fully saturated rings. The van der Waals surface area contributed by atoms with Crippen LogP contribution in [0, 0.1) is 11.8 Å². The number of methoxy groups -OCH3 is 3. The van der Waals surface area contributed by atoms with Gasteiger partial charge in [-0.15, -0.1) is 0 Å². The highest BCUT2D eigenvalue weighted by molar-refractivity contribution is 7.90. The summed E-state index contributed by atoms with van der Waals surface area (Å²) in [4.78, 5) is 139. The van der Waals surface area contributed by atoms with Gasteiger partial charge in [0.15, 0.2) is 9.84 Å². The van der Waals surface area contributed by atoms with Gasteiger partial charge in [0.25, 0.3) is 16.7 Å². The Kier molecular flexibility index (Phi) is 26.3. The molecule has 3 aromatic heterocycles. The molecule has 3 aromatic carbocycles. The van der Waals surface area contributed by atoms with Crippen molar-refractivity contribution in [2.45, 2.75) is 71.3 Å². The molecule has 0 unspecified atom stereocenters. The second-order valence-electron chi connectivity index (χ2n) is 16.5. The van der Waals surface area contributed by atoms with Crippen molar-refractivity contribution in [3.05, 3.63) is 147 Å². The molecule has 4 heterocycles. The van der Waals surface area contributed by atoms with E-state index in [2.05, 4.69) is 56.2 Å². The predicted octanol–water partition coefficient (Wildman–Crippen LogP) is 4.11. The van der Waals surface area contributed by atoms with Crippen LogP contribution in [0.3, 0.4) is 0 Å². The molecule has 23 heteroatoms. The number of nitrogens with one attached hydrogen (secondary N) is 3. The standard InChI is InChI=1S/C19H23NO3.C13H11NO5S.C13H11NO3.C7H12O2.3CO2/c1-4-11-9-15-13-7-6-8-14(19(22)23-3)17(13)20-18(21)16(15)10-12(11)5-2;1-19-13(16)8-4-2-3-7-9-5-20(17,18)6-10(9)12(15)14-11(7)8;1-7-8(2)12(15)14-11-9(7)5-4-6-10(11)13(16)17-3;1-3-5-6-7(8)9-4-2;3*2-1-3/h6-8,11-12H,4-5,9-10H2,1-3H3,(H,20,21);2-4H,5-6H2,1H3,(H,14,15);4-6H,1-2H2,3H3,(H,14,15);5-6H,3-4H2,1-2H3;;;/b;;;6-5+;;;/t11-,12-;;;;;;/m0....../s1. The quantitative estimate of drug-likeness (QED) is 0.110. The SMILES string of the molecule is C=c1c(=O)[nH]c2c(C(=O)OC)cccc2c1=C.CC/C=C/C(=O)OCC.CC[C@H]1Cc2c(c3cccc(C(=O)OC)c3[nH]c2=O)C[C@@H]1CC.COC(=O)c1cccc2c3c(c(=O)[nH]c12)CS(=O)(=O)C3.O=C=O.O=C=O.O=C=O. The van der Waals surface area contributed by atoms with Gasteiger partial charge in [-0.1, -0.05) is 89.2 Å². The first kappa shape index (κ1) is 64.9. The van der Waals surface area contributed by atoms with Crippen LogP contribution in [0.5, 0.6) is 0 Å². The molecule has 6 aromatic rings. The molecule has 78 heavy (non-hydrogen) atoms. The summed E-state index contributed by atoms with van der Waals surface area (Å²) in [7, 11) is 0.602. The van der Waals surface area contributed by atoms with Crippen molar-refractivity contribution in [3.63, 3.8) is 0 Å². The summed E-state index contributed by atoms with van der Waals surface area (Å²) < 4.78 is 42.2. The molecular formula is C55H57N3O19S. The summed E-state index contributed by atoms with van der Waals surface area (Å²) in [6, 6.07) is 15.5. The highest BCUT2D eigenvalue weighted by Crippen LogP contribution is 2.36. The summed E-state index contributed by atoms with van der Waals surface area (Å²) in [5.41, 5.74) is 4.20. The molecule has 0 spiro atoms. The third kappa shape index (κ3) is 16.6. The first-order chi connectivity index (χ1) is 37.1. The van der Waals surface area contributed by atoms with E-state index >= 15 is 0 Å². The Morgan fingerprint density at radius 2 is 0.936 bits per heavy atom. The van der Waals surface area contributed by atoms with E-state index in [1.54, 1.807) is 49.4 Å². The summed E-state index contributed by atoms with van der Waals surface area (Å²) in [6.07, 6.45) is 8.80. The summed E-state index contributed by atoms with van der Waals surface area (Å²) in [6.45, 7) is 16.1. The van der Waals surface area contributed by atoms with Crippen molar-refractivity contribution >= 4 is 98.0 Å². The van der Waals surface area contributed by atoms with Gasteiger partial charge in [0.05, 0.1) is 72.7 Å². The number of carbonyl (C=O) groups is 4. The van der Waals surface area contributed by atoms with Gasteiger partial charge in [-0.05, 0) is 72.6 Å². The minimum atomic E-state index is -3.29. The number of allylic oxidation sites excluding steroid dienone is 1. The van der Waals surface area contributed by atoms with Crippen molar-refractivity contribution in [2.24, 2.45) is 11.8 Å². The molecule has 2 aliphatic rings. The molecule has 0 saturated heterocycles. The fourth-order valence-electron chi connectivity index (χ4n) is 8.60. The second-order valence-corrected chi connectivity index (χ2v) is 18.5. The Balaban J connectivity index is 0.000000349. The number of aromatic amines is 3. The smallest absolute Gasteiger partial charge is 0.373 e. The number of sulfone groups is 1. The Labute approximate surface area is 445 Å². The Morgan fingerprint density at radius 1 is 0.564 bits per heavy atom. The fraction of sp³-hybridized carbons (Fsp3) is 0.309. The van der Waals surface area contributed by atoms with Crippen LogP contribution >= 0.6 is 0 Å². The number of ether oxygens (including phenoxy) is 4. The first-order valence-corrected chi connectivity index (χ1v) is 25.4. The largest absolute Gasteiger partial charge is 0.465 e. The van der Waals surface area contributed by atoms with Gasteiger partial charge in [0, 0.05) is 38.6 Å². The molecule has 3 N–H and O–H groups in total. The number of H-pyrrole nitrogens is 3. The lowest BCUT2D eigenvalue weighted by molar-refractivity contribution is -0.193. The molecule has 0 radical (unpaired) electrons. The zero-order valence-corrected chi connectivity index (χ0v) is 44.6. The summed E-state index contributed by atoms with van der Waals surface area (Å²) in [5.74, 6) is -1.01. The molecule has 8 rings (SSSR count). The Bertz CT molecular complexity index is 3680. The van der Waals surface area contributed by atoms with E-state index in [9.17, 15) is 42.0 Å². The van der Waals surface area contributed by atoms with Crippen LogP contribution in [-0.2, 0) is 86.7 Å². The van der Waals surface area contributed by atoms with E-state index in [0.717, 1.165) is 48.6 Å². The van der Waals surface area contributed by atoms with E-state index in [-0.39, 0.29) is 58.2 Å². The van der Waals surface area contributed by atoms with Crippen LogP contribution in [-0.4, -0.2) is 93.6 Å². The number of para-hydroxylation sites is 3. The van der Waals surface area contributed by atoms with Crippen LogP contribution in [0.4, 0.5) is 0 Å². The Morgan fingerprint density at radius 3 is 1.35 bits per heavy atom. The van der Waals surface area contributed by atoms with Gasteiger partial charge in [-0.2, -0.15) is 28.8 Å². The third-order valence-corrected chi connectivity index (χ3v) is 13.6. The summed E-state index contributed by atoms with van der Waals surface area (Å²) >= 11 is 0. The van der Waals surface area contributed by atoms with Crippen molar-refractivity contribution in [3.8, 4) is 0 Å². The number of hydrogen-bond donors (Lipinski definition) is 3. The second kappa shape index (κ2) is 31.6. The van der Waals surface area contributed by atoms with Gasteiger partial charge < -0.3 is 33.9 Å². The topological polar surface area (TPSA) is 340 Å². The maximum absolute atomic E-state index is 12.6. The maximum atomic E-state index is 12.6. The van der Waals surface area contributed by atoms with Crippen LogP contribution in [0.25, 0.3) is 45.9 Å². The van der Waals surface area contributed by atoms with Gasteiger partial charge in [0.1, 0.15) is 0 Å². The molecule has 0 saturated carbocycles. The number of aromatic nitrogens is 3. The Hall–Kier alpha value is -9.26. The lowest BCUT2D eigenvalue weighted by atomic mass is 9.73. The van der Waals surface area contributed by atoms with E-state index < -0.39 is 33.3 Å². The molecule has 0 bridgehead atoms. The highest BCUT2D eigenvalue weighted by atomic mass is 32.2. The fourth-order valence-corrected chi connectivity index (χ4v) is 10.2. The molecule has 1 aliphatic heterocycles. The minimum absolute atomic E-state index is 0.0585. The number of benzene rings is 3. The number of fused-ring (bicyclic) bond motifs is 7. The van der Waals surface area contributed by atoms with Crippen LogP contribution in [0.15, 0.2) is 81.1 Å². The molecule has 22 nitrogen and oxygen atoms in total. The number of carbonyl (C=O) groups excluding carboxylic acids is 10. The number of esters is 4. The van der Waals surface area contributed by atoms with Crippen molar-refractivity contribution in [1.29, 1.82) is 0 Å². The molecule has 1 aliphatic carbocycles. The maximum Gasteiger partial charge on any atom is 0.373 e. The predicted molar refractivity (Wildman–Crippen MR) is 280 cm³/mol. The number of rotatable bonds is 8. The average Bonchev–Trinajstić information content (AvgIpc) is 3.79. The number of hydrogen-bond acceptors (Lipinski definition) is 19. The van der Waals surface area contributed by atoms with E-state index in [1.807, 2.05) is 19.1 Å². The lowest BCUT2D eigenvalue weighted by Crippen LogP contribution is -2.39. The van der Waals surface area contributed by atoms with Gasteiger partial charge in [0.2, 0.25) is 0 Å². The molecule has 0 amide bonds. The molecular weight excluding hydrogens is 1040 g/mol. The van der Waals surface area contributed by atoms with Gasteiger partial charge >= 0.3 is 42.3 Å². The zero-order chi connectivity index (χ0) is 58.9. The van der Waals surface area contributed by atoms with Crippen LogP contribution in [0.1, 0.15) is 100 Å². The van der Waals surface area contributed by atoms with Crippen molar-refractivity contribution in [1.82, 2.24) is 15.0 Å². The monoisotopic (exact) mass is 1100 g/mol. The van der Waals surface area contributed by atoms with Crippen molar-refractivity contribution in [2.75, 3.05) is 27.9 Å². The minimum Gasteiger partial charge on any atom is -0.465 e. The van der Waals surface area contributed by atoms with Gasteiger partial charge in [-0.25, -0.2) is 27.6 Å². The first-order valence-electron chi connectivity index (χ1n) is 23.6. The molecule has 412 valence electrons. The van der Waals surface area contributed by atoms with Crippen LogP contribution in [0.2, 0.25) is 0 Å². The highest BCUT2D eigenvalue weighted by Gasteiger charge is 2.31. The van der Waals surface area contributed by atoms with Crippen molar-refractivity contribution < 1.29 is 75.3 Å². The van der Waals surface area contributed by atoms with Gasteiger partial charge in [-0.3, -0.25) is 14.4 Å². The van der Waals surface area contributed by atoms with Crippen LogP contribution < -0.4 is 27.1 Å². The number of pyridine rings is 3. The van der Waals surface area contributed by atoms with E-state index in [1.165, 1.54) is 33.5 Å². The average molecular weight is 1100 g/mol. The normalized spacial score (nSPS) is 13.8. The zero-order valence-electron chi connectivity index (χ0n) is 43.7. The van der Waals surface area contributed by atoms with E-state index in [4.69, 9.17) is 33.5 Å². The summed E-state index contributed by atoms with van der Waals surface area (Å²) in [5, 5.41) is 3.07. The molecule has 2 atom stereocenters.